The van der Waals surface area contributed by atoms with Crippen LogP contribution in [-0.2, 0) is 10.0 Å². The first-order chi connectivity index (χ1) is 17.7. The van der Waals surface area contributed by atoms with E-state index in [-0.39, 0.29) is 16.5 Å². The van der Waals surface area contributed by atoms with Crippen molar-refractivity contribution in [3.8, 4) is 16.9 Å². The zero-order chi connectivity index (χ0) is 26.7. The van der Waals surface area contributed by atoms with Gasteiger partial charge in [-0.05, 0) is 55.1 Å². The Balaban J connectivity index is 2.01. The molecular formula is C28H32N2O5S2. The van der Waals surface area contributed by atoms with Crippen molar-refractivity contribution in [3.05, 3.63) is 66.2 Å². The van der Waals surface area contributed by atoms with E-state index in [0.717, 1.165) is 29.8 Å². The minimum Gasteiger partial charge on any atom is -0.496 e. The van der Waals surface area contributed by atoms with Gasteiger partial charge in [0.1, 0.15) is 10.6 Å². The van der Waals surface area contributed by atoms with Gasteiger partial charge in [-0.15, -0.1) is 11.8 Å². The number of thioether (sulfide) groups is 1. The molecule has 1 heterocycles. The van der Waals surface area contributed by atoms with Crippen LogP contribution in [0.15, 0.2) is 70.5 Å². The second-order valence-corrected chi connectivity index (χ2v) is 11.8. The Bertz CT molecular complexity index is 1390. The van der Waals surface area contributed by atoms with Crippen LogP contribution in [0.2, 0.25) is 0 Å². The number of hydrogen-bond acceptors (Lipinski definition) is 6. The van der Waals surface area contributed by atoms with Gasteiger partial charge in [0.05, 0.1) is 18.4 Å². The molecule has 0 saturated carbocycles. The lowest BCUT2D eigenvalue weighted by molar-refractivity contribution is 0.0697. The third kappa shape index (κ3) is 5.21. The fraction of sp³-hybridized carbons (Fsp3) is 0.321. The molecule has 0 spiro atoms. The number of rotatable bonds is 8. The average Bonchev–Trinajstić information content (AvgIpc) is 2.99. The first kappa shape index (κ1) is 27.0. The van der Waals surface area contributed by atoms with E-state index < -0.39 is 16.0 Å². The lowest BCUT2D eigenvalue weighted by Gasteiger charge is -2.29. The van der Waals surface area contributed by atoms with Gasteiger partial charge < -0.3 is 14.7 Å². The minimum atomic E-state index is -3.85. The monoisotopic (exact) mass is 540 g/mol. The van der Waals surface area contributed by atoms with Gasteiger partial charge in [0.25, 0.3) is 0 Å². The Morgan fingerprint density at radius 2 is 1.84 bits per heavy atom. The number of carboxylic acids is 1. The number of anilines is 2. The number of aromatic carboxylic acids is 1. The molecule has 0 radical (unpaired) electrons. The van der Waals surface area contributed by atoms with E-state index in [1.165, 1.54) is 35.3 Å². The van der Waals surface area contributed by atoms with Gasteiger partial charge in [-0.3, -0.25) is 0 Å². The zero-order valence-electron chi connectivity index (χ0n) is 21.5. The largest absolute Gasteiger partial charge is 0.496 e. The first-order valence-corrected chi connectivity index (χ1v) is 14.8. The molecule has 0 aromatic heterocycles. The highest BCUT2D eigenvalue weighted by atomic mass is 32.2. The lowest BCUT2D eigenvalue weighted by atomic mass is 10.0. The highest BCUT2D eigenvalue weighted by molar-refractivity contribution is 7.98. The maximum atomic E-state index is 14.1. The van der Waals surface area contributed by atoms with Crippen LogP contribution in [-0.4, -0.2) is 56.8 Å². The Kier molecular flexibility index (Phi) is 8.16. The topological polar surface area (TPSA) is 87.1 Å². The molecule has 7 nitrogen and oxygen atoms in total. The first-order valence-electron chi connectivity index (χ1n) is 12.2. The number of hydrogen-bond donors (Lipinski definition) is 1. The molecule has 9 heteroatoms. The quantitative estimate of drug-likeness (QED) is 0.345. The second kappa shape index (κ2) is 11.2. The van der Waals surface area contributed by atoms with E-state index in [2.05, 4.69) is 11.8 Å². The standard InChI is InChI=1S/C28H32N2O5S2/c1-5-6-10-21-18-30(20-11-8-7-9-12-20)24-17-26(36-4)23(16-27(24)37(33,34)29(21)2)22-15-19(28(31)32)13-14-25(22)35-3/h7-9,11-17,21H,5-6,10,18H2,1-4H3,(H,31,32). The number of unbranched alkanes of at least 4 members (excludes halogenated alkanes) is 1. The Labute approximate surface area is 223 Å². The van der Waals surface area contributed by atoms with Crippen molar-refractivity contribution in [3.63, 3.8) is 0 Å². The number of likely N-dealkylation sites (N-methyl/N-ethyl adjacent to an activating group) is 1. The SMILES string of the molecule is CCCCC1CN(c2ccccc2)c2cc(SC)c(-c3cc(C(=O)O)ccc3OC)cc2S(=O)(=O)N1C. The maximum Gasteiger partial charge on any atom is 0.335 e. The van der Waals surface area contributed by atoms with E-state index in [1.54, 1.807) is 19.2 Å². The Morgan fingerprint density at radius 1 is 1.11 bits per heavy atom. The number of para-hydroxylation sites is 1. The number of benzene rings is 3. The third-order valence-corrected chi connectivity index (χ3v) is 9.55. The summed E-state index contributed by atoms with van der Waals surface area (Å²) in [5.41, 5.74) is 2.77. The molecule has 0 aliphatic carbocycles. The summed E-state index contributed by atoms with van der Waals surface area (Å²) < 4.78 is 35.2. The predicted molar refractivity (Wildman–Crippen MR) is 149 cm³/mol. The molecule has 1 aliphatic heterocycles. The Morgan fingerprint density at radius 3 is 2.46 bits per heavy atom. The molecule has 37 heavy (non-hydrogen) atoms. The molecule has 1 unspecified atom stereocenters. The number of sulfonamides is 1. The summed E-state index contributed by atoms with van der Waals surface area (Å²) in [6.07, 6.45) is 4.57. The number of ether oxygens (including phenoxy) is 1. The van der Waals surface area contributed by atoms with E-state index in [0.29, 0.717) is 29.1 Å². The molecule has 0 fully saturated rings. The summed E-state index contributed by atoms with van der Waals surface area (Å²) in [7, 11) is -0.684. The number of fused-ring (bicyclic) bond motifs is 1. The maximum absolute atomic E-state index is 14.1. The smallest absolute Gasteiger partial charge is 0.335 e. The van der Waals surface area contributed by atoms with Crippen molar-refractivity contribution >= 4 is 39.1 Å². The van der Waals surface area contributed by atoms with Gasteiger partial charge in [-0.25, -0.2) is 13.2 Å². The van der Waals surface area contributed by atoms with E-state index in [1.807, 2.05) is 42.7 Å². The molecule has 3 aromatic rings. The normalized spacial score (nSPS) is 17.2. The molecule has 3 aromatic carbocycles. The predicted octanol–water partition coefficient (Wildman–Crippen LogP) is 6.11. The number of methoxy groups -OCH3 is 1. The van der Waals surface area contributed by atoms with E-state index in [9.17, 15) is 18.3 Å². The molecule has 1 atom stereocenters. The molecule has 1 aliphatic rings. The molecule has 0 bridgehead atoms. The van der Waals surface area contributed by atoms with Gasteiger partial charge in [0.15, 0.2) is 0 Å². The summed E-state index contributed by atoms with van der Waals surface area (Å²) >= 11 is 1.48. The molecule has 0 saturated heterocycles. The second-order valence-electron chi connectivity index (χ2n) is 9.00. The van der Waals surface area contributed by atoms with Gasteiger partial charge in [-0.2, -0.15) is 4.31 Å². The summed E-state index contributed by atoms with van der Waals surface area (Å²) in [6.45, 7) is 2.63. The van der Waals surface area contributed by atoms with Crippen molar-refractivity contribution in [2.45, 2.75) is 42.0 Å². The van der Waals surface area contributed by atoms with Gasteiger partial charge in [-0.1, -0.05) is 38.0 Å². The number of nitrogens with zero attached hydrogens (tertiary/aromatic N) is 2. The lowest BCUT2D eigenvalue weighted by Crippen LogP contribution is -2.40. The summed E-state index contributed by atoms with van der Waals surface area (Å²) in [4.78, 5) is 14.8. The summed E-state index contributed by atoms with van der Waals surface area (Å²) in [6, 6.07) is 17.8. The van der Waals surface area contributed by atoms with E-state index >= 15 is 0 Å². The molecule has 1 N–H and O–H groups in total. The van der Waals surface area contributed by atoms with Gasteiger partial charge >= 0.3 is 5.97 Å². The third-order valence-electron chi connectivity index (χ3n) is 6.83. The van der Waals surface area contributed by atoms with Crippen LogP contribution in [0.5, 0.6) is 5.75 Å². The summed E-state index contributed by atoms with van der Waals surface area (Å²) in [5.74, 6) is -0.592. The number of carbonyl (C=O) groups is 1. The highest BCUT2D eigenvalue weighted by Gasteiger charge is 2.37. The number of carboxylic acid groups (broad SMARTS) is 1. The fourth-order valence-corrected chi connectivity index (χ4v) is 6.93. The van der Waals surface area contributed by atoms with Crippen molar-refractivity contribution in [1.82, 2.24) is 4.31 Å². The van der Waals surface area contributed by atoms with E-state index in [4.69, 9.17) is 4.74 Å². The molecular weight excluding hydrogens is 508 g/mol. The van der Waals surface area contributed by atoms with Crippen LogP contribution in [0.3, 0.4) is 0 Å². The average molecular weight is 541 g/mol. The fourth-order valence-electron chi connectivity index (χ4n) is 4.74. The van der Waals surface area contributed by atoms with Gasteiger partial charge in [0, 0.05) is 41.3 Å². The summed E-state index contributed by atoms with van der Waals surface area (Å²) in [5, 5.41) is 9.60. The van der Waals surface area contributed by atoms with Crippen molar-refractivity contribution in [1.29, 1.82) is 0 Å². The van der Waals surface area contributed by atoms with Crippen LogP contribution in [0.25, 0.3) is 11.1 Å². The molecule has 4 rings (SSSR count). The Hall–Kier alpha value is -3.01. The highest BCUT2D eigenvalue weighted by Crippen LogP contribution is 2.45. The van der Waals surface area contributed by atoms with Crippen LogP contribution in [0, 0.1) is 0 Å². The van der Waals surface area contributed by atoms with Crippen LogP contribution in [0.1, 0.15) is 36.5 Å². The zero-order valence-corrected chi connectivity index (χ0v) is 23.1. The van der Waals surface area contributed by atoms with Crippen LogP contribution < -0.4 is 9.64 Å². The van der Waals surface area contributed by atoms with Crippen molar-refractivity contribution < 1.29 is 23.1 Å². The van der Waals surface area contributed by atoms with Crippen LogP contribution >= 0.6 is 11.8 Å². The molecule has 0 amide bonds. The van der Waals surface area contributed by atoms with Crippen molar-refractivity contribution in [2.24, 2.45) is 0 Å². The minimum absolute atomic E-state index is 0.100. The van der Waals surface area contributed by atoms with Crippen molar-refractivity contribution in [2.75, 3.05) is 31.9 Å². The van der Waals surface area contributed by atoms with Crippen LogP contribution in [0.4, 0.5) is 11.4 Å². The van der Waals surface area contributed by atoms with Gasteiger partial charge in [0.2, 0.25) is 10.0 Å². The molecule has 196 valence electrons.